The maximum absolute atomic E-state index is 11.2. The summed E-state index contributed by atoms with van der Waals surface area (Å²) in [6, 6.07) is 0. The first-order chi connectivity index (χ1) is 10.2. The van der Waals surface area contributed by atoms with E-state index in [1.165, 1.54) is 0 Å². The molecule has 0 aromatic heterocycles. The Hall–Kier alpha value is -1.62. The van der Waals surface area contributed by atoms with Crippen molar-refractivity contribution < 1.29 is 19.8 Å². The third-order valence-electron chi connectivity index (χ3n) is 3.17. The predicted octanol–water partition coefficient (Wildman–Crippen LogP) is -0.824. The normalized spacial score (nSPS) is 17.1. The summed E-state index contributed by atoms with van der Waals surface area (Å²) in [5.74, 6) is -2.80. The van der Waals surface area contributed by atoms with Gasteiger partial charge in [0, 0.05) is 0 Å². The Morgan fingerprint density at radius 1 is 0.773 bits per heavy atom. The molecule has 0 aliphatic rings. The van der Waals surface area contributed by atoms with Crippen LogP contribution in [0.15, 0.2) is 10.2 Å². The van der Waals surface area contributed by atoms with Crippen LogP contribution in [0.25, 0.3) is 0 Å². The van der Waals surface area contributed by atoms with E-state index in [9.17, 15) is 9.59 Å². The Kier molecular flexibility index (Phi) is 8.72. The summed E-state index contributed by atoms with van der Waals surface area (Å²) in [6.07, 6.45) is 1.98. The van der Waals surface area contributed by atoms with Gasteiger partial charge in [0.25, 0.3) is 0 Å². The number of carbonyl (C=O) groups is 2. The van der Waals surface area contributed by atoms with E-state index in [0.29, 0.717) is 38.8 Å². The quantitative estimate of drug-likeness (QED) is 0.197. The summed E-state index contributed by atoms with van der Waals surface area (Å²) in [4.78, 5) is 22.5. The lowest BCUT2D eigenvalue weighted by molar-refractivity contribution is -0.146. The zero-order chi connectivity index (χ0) is 17.2. The molecule has 0 aliphatic carbocycles. The minimum atomic E-state index is -2.01. The number of azo groups is 1. The van der Waals surface area contributed by atoms with Crippen LogP contribution in [0.1, 0.15) is 38.5 Å². The molecule has 128 valence electrons. The van der Waals surface area contributed by atoms with Gasteiger partial charge >= 0.3 is 11.9 Å². The lowest BCUT2D eigenvalue weighted by Gasteiger charge is -2.23. The number of nitrogens with zero attached hydrogens (tertiary/aromatic N) is 2. The highest BCUT2D eigenvalue weighted by atomic mass is 16.4. The van der Waals surface area contributed by atoms with Crippen molar-refractivity contribution >= 4 is 11.9 Å². The predicted molar refractivity (Wildman–Crippen MR) is 79.8 cm³/mol. The summed E-state index contributed by atoms with van der Waals surface area (Å²) in [5, 5.41) is 25.4. The van der Waals surface area contributed by atoms with Gasteiger partial charge in [0.05, 0.1) is 0 Å². The Bertz CT molecular complexity index is 369. The van der Waals surface area contributed by atoms with Gasteiger partial charge in [-0.2, -0.15) is 10.2 Å². The standard InChI is InChI=1S/C12H26N6O4/c13-7-3-1-5-11(15,9(19)20)17-18-12(16,10(21)22)6-2-4-8-14/h1-8,13-16H2,(H,19,20)(H,21,22)/b18-17+. The van der Waals surface area contributed by atoms with E-state index in [2.05, 4.69) is 10.2 Å². The van der Waals surface area contributed by atoms with Crippen molar-refractivity contribution in [1.29, 1.82) is 0 Å². The largest absolute Gasteiger partial charge is 0.478 e. The van der Waals surface area contributed by atoms with Crippen LogP contribution in [0.2, 0.25) is 0 Å². The molecule has 0 bridgehead atoms. The highest BCUT2D eigenvalue weighted by molar-refractivity contribution is 5.79. The van der Waals surface area contributed by atoms with Crippen molar-refractivity contribution in [3.8, 4) is 0 Å². The Labute approximate surface area is 128 Å². The molecule has 0 aliphatic heterocycles. The summed E-state index contributed by atoms with van der Waals surface area (Å²) < 4.78 is 0. The highest BCUT2D eigenvalue weighted by Gasteiger charge is 2.38. The van der Waals surface area contributed by atoms with Gasteiger partial charge in [0.15, 0.2) is 0 Å². The Balaban J connectivity index is 5.06. The molecular formula is C12H26N6O4. The van der Waals surface area contributed by atoms with Gasteiger partial charge < -0.3 is 21.7 Å². The van der Waals surface area contributed by atoms with Gasteiger partial charge in [0.2, 0.25) is 11.3 Å². The molecule has 2 atom stereocenters. The number of aliphatic carboxylic acids is 2. The molecule has 0 saturated heterocycles. The summed E-state index contributed by atoms with van der Waals surface area (Å²) in [6.45, 7) is 0.782. The van der Waals surface area contributed by atoms with Crippen LogP contribution in [0.3, 0.4) is 0 Å². The first kappa shape index (κ1) is 20.4. The fourth-order valence-corrected chi connectivity index (χ4v) is 1.66. The molecule has 0 aromatic rings. The Morgan fingerprint density at radius 2 is 1.09 bits per heavy atom. The van der Waals surface area contributed by atoms with Crippen LogP contribution in [-0.2, 0) is 9.59 Å². The van der Waals surface area contributed by atoms with Crippen molar-refractivity contribution in [2.24, 2.45) is 33.2 Å². The van der Waals surface area contributed by atoms with Crippen LogP contribution < -0.4 is 22.9 Å². The molecule has 0 saturated carbocycles. The van der Waals surface area contributed by atoms with E-state index in [4.69, 9.17) is 33.1 Å². The smallest absolute Gasteiger partial charge is 0.348 e. The van der Waals surface area contributed by atoms with Crippen molar-refractivity contribution in [3.05, 3.63) is 0 Å². The van der Waals surface area contributed by atoms with Gasteiger partial charge in [-0.15, -0.1) is 0 Å². The number of unbranched alkanes of at least 4 members (excludes halogenated alkanes) is 2. The fourth-order valence-electron chi connectivity index (χ4n) is 1.66. The van der Waals surface area contributed by atoms with Gasteiger partial charge in [-0.3, -0.25) is 11.5 Å². The topological polar surface area (TPSA) is 203 Å². The lowest BCUT2D eigenvalue weighted by atomic mass is 10.0. The molecule has 0 amide bonds. The van der Waals surface area contributed by atoms with Crippen LogP contribution in [0.5, 0.6) is 0 Å². The zero-order valence-corrected chi connectivity index (χ0v) is 12.6. The maximum Gasteiger partial charge on any atom is 0.348 e. The third-order valence-corrected chi connectivity index (χ3v) is 3.17. The molecular weight excluding hydrogens is 292 g/mol. The first-order valence-electron chi connectivity index (χ1n) is 7.10. The average molecular weight is 318 g/mol. The fraction of sp³-hybridized carbons (Fsp3) is 0.833. The van der Waals surface area contributed by atoms with Gasteiger partial charge in [-0.1, -0.05) is 0 Å². The number of carboxylic acid groups (broad SMARTS) is 2. The summed E-state index contributed by atoms with van der Waals surface area (Å²) in [5.41, 5.74) is 18.0. The second-order valence-corrected chi connectivity index (χ2v) is 5.15. The van der Waals surface area contributed by atoms with Crippen molar-refractivity contribution in [3.63, 3.8) is 0 Å². The van der Waals surface area contributed by atoms with Crippen molar-refractivity contribution in [2.45, 2.75) is 49.9 Å². The molecule has 0 fully saturated rings. The van der Waals surface area contributed by atoms with E-state index in [1.54, 1.807) is 0 Å². The molecule has 0 aromatic carbocycles. The van der Waals surface area contributed by atoms with Crippen LogP contribution in [-0.4, -0.2) is 46.6 Å². The third kappa shape index (κ3) is 6.43. The Morgan fingerprint density at radius 3 is 1.32 bits per heavy atom. The number of rotatable bonds is 12. The zero-order valence-electron chi connectivity index (χ0n) is 12.6. The number of hydrogen-bond acceptors (Lipinski definition) is 8. The van der Waals surface area contributed by atoms with Crippen LogP contribution in [0.4, 0.5) is 0 Å². The monoisotopic (exact) mass is 318 g/mol. The molecule has 2 unspecified atom stereocenters. The molecule has 0 heterocycles. The van der Waals surface area contributed by atoms with E-state index >= 15 is 0 Å². The first-order valence-corrected chi connectivity index (χ1v) is 7.10. The average Bonchev–Trinajstić information content (AvgIpc) is 2.45. The number of hydrogen-bond donors (Lipinski definition) is 6. The van der Waals surface area contributed by atoms with E-state index in [0.717, 1.165) is 0 Å². The van der Waals surface area contributed by atoms with Gasteiger partial charge in [-0.25, -0.2) is 9.59 Å². The summed E-state index contributed by atoms with van der Waals surface area (Å²) >= 11 is 0. The van der Waals surface area contributed by atoms with Gasteiger partial charge in [0.1, 0.15) is 0 Å². The van der Waals surface area contributed by atoms with Crippen LogP contribution in [0, 0.1) is 0 Å². The second kappa shape index (κ2) is 9.41. The molecule has 10 heteroatoms. The minimum Gasteiger partial charge on any atom is -0.478 e. The molecule has 10 N–H and O–H groups in total. The molecule has 10 nitrogen and oxygen atoms in total. The second-order valence-electron chi connectivity index (χ2n) is 5.15. The molecule has 0 rings (SSSR count). The number of nitrogens with two attached hydrogens (primary N) is 4. The molecule has 0 spiro atoms. The van der Waals surface area contributed by atoms with Crippen LogP contribution >= 0.6 is 0 Å². The summed E-state index contributed by atoms with van der Waals surface area (Å²) in [7, 11) is 0. The van der Waals surface area contributed by atoms with E-state index in [-0.39, 0.29) is 12.8 Å². The van der Waals surface area contributed by atoms with Crippen molar-refractivity contribution in [2.75, 3.05) is 13.1 Å². The minimum absolute atomic E-state index is 0.0124. The maximum atomic E-state index is 11.2. The SMILES string of the molecule is NCCCCC(N)(/N=N/C(N)(CCCCN)C(=O)O)C(=O)O. The van der Waals surface area contributed by atoms with E-state index < -0.39 is 23.3 Å². The molecule has 22 heavy (non-hydrogen) atoms. The molecule has 0 radical (unpaired) electrons. The van der Waals surface area contributed by atoms with Crippen molar-refractivity contribution in [1.82, 2.24) is 0 Å². The van der Waals surface area contributed by atoms with E-state index in [1.807, 2.05) is 0 Å². The highest BCUT2D eigenvalue weighted by Crippen LogP contribution is 2.19. The van der Waals surface area contributed by atoms with Gasteiger partial charge in [-0.05, 0) is 51.6 Å². The number of carboxylic acids is 2. The lowest BCUT2D eigenvalue weighted by Crippen LogP contribution is -2.49.